The fourth-order valence-electron chi connectivity index (χ4n) is 1.70. The molecule has 0 spiro atoms. The van der Waals surface area contributed by atoms with E-state index in [1.807, 2.05) is 42.5 Å². The summed E-state index contributed by atoms with van der Waals surface area (Å²) in [4.78, 5) is 0. The number of nitrogen functional groups attached to an aromatic ring is 1. The van der Waals surface area contributed by atoms with Gasteiger partial charge >= 0.3 is 0 Å². The van der Waals surface area contributed by atoms with Gasteiger partial charge in [-0.1, -0.05) is 29.8 Å². The molecular formula is C14H15ClN2O. The zero-order valence-electron chi connectivity index (χ0n) is 10.1. The maximum absolute atomic E-state index is 6.09. The molecule has 0 bridgehead atoms. The molecule has 94 valence electrons. The Kier molecular flexibility index (Phi) is 3.95. The van der Waals surface area contributed by atoms with Crippen molar-refractivity contribution < 1.29 is 4.74 Å². The second-order valence-corrected chi connectivity index (χ2v) is 4.32. The van der Waals surface area contributed by atoms with Crippen LogP contribution in [-0.4, -0.2) is 7.11 Å². The van der Waals surface area contributed by atoms with Gasteiger partial charge in [0.15, 0.2) is 0 Å². The molecule has 0 aromatic heterocycles. The summed E-state index contributed by atoms with van der Waals surface area (Å²) in [6.07, 6.45) is 0. The van der Waals surface area contributed by atoms with E-state index < -0.39 is 0 Å². The first-order valence-electron chi connectivity index (χ1n) is 5.61. The van der Waals surface area contributed by atoms with Crippen LogP contribution in [0.2, 0.25) is 5.02 Å². The minimum absolute atomic E-state index is 0.623. The highest BCUT2D eigenvalue weighted by Gasteiger charge is 2.04. The van der Waals surface area contributed by atoms with E-state index in [0.717, 1.165) is 17.0 Å². The molecule has 0 saturated heterocycles. The van der Waals surface area contributed by atoms with Crippen LogP contribution in [-0.2, 0) is 6.54 Å². The smallest absolute Gasteiger partial charge is 0.119 e. The second-order valence-electron chi connectivity index (χ2n) is 3.91. The molecule has 2 aromatic rings. The van der Waals surface area contributed by atoms with E-state index in [-0.39, 0.29) is 0 Å². The Labute approximate surface area is 112 Å². The molecule has 0 unspecified atom stereocenters. The van der Waals surface area contributed by atoms with Crippen molar-refractivity contribution in [3.63, 3.8) is 0 Å². The maximum atomic E-state index is 6.09. The van der Waals surface area contributed by atoms with Crippen LogP contribution < -0.4 is 15.8 Å². The Bertz CT molecular complexity index is 523. The largest absolute Gasteiger partial charge is 0.497 e. The van der Waals surface area contributed by atoms with Gasteiger partial charge in [0.25, 0.3) is 0 Å². The van der Waals surface area contributed by atoms with Gasteiger partial charge in [-0.25, -0.2) is 0 Å². The van der Waals surface area contributed by atoms with Crippen LogP contribution in [0.3, 0.4) is 0 Å². The van der Waals surface area contributed by atoms with Gasteiger partial charge in [-0.05, 0) is 29.8 Å². The number of nitrogens with two attached hydrogens (primary N) is 1. The van der Waals surface area contributed by atoms with Crippen LogP contribution in [0, 0.1) is 0 Å². The minimum atomic E-state index is 0.623. The van der Waals surface area contributed by atoms with Crippen molar-refractivity contribution in [2.24, 2.45) is 0 Å². The Hall–Kier alpha value is -1.87. The lowest BCUT2D eigenvalue weighted by atomic mass is 10.2. The van der Waals surface area contributed by atoms with Gasteiger partial charge in [-0.2, -0.15) is 0 Å². The highest BCUT2D eigenvalue weighted by Crippen LogP contribution is 2.28. The van der Waals surface area contributed by atoms with Crippen LogP contribution >= 0.6 is 11.6 Å². The lowest BCUT2D eigenvalue weighted by Gasteiger charge is -2.11. The molecule has 2 aromatic carbocycles. The average molecular weight is 263 g/mol. The number of hydrogen-bond donors (Lipinski definition) is 2. The number of nitrogens with one attached hydrogen (secondary N) is 1. The number of halogens is 1. The van der Waals surface area contributed by atoms with E-state index in [9.17, 15) is 0 Å². The third kappa shape index (κ3) is 2.87. The number of anilines is 2. The lowest BCUT2D eigenvalue weighted by molar-refractivity contribution is 0.414. The van der Waals surface area contributed by atoms with Crippen molar-refractivity contribution in [3.05, 3.63) is 53.1 Å². The summed E-state index contributed by atoms with van der Waals surface area (Å²) < 4.78 is 5.18. The molecule has 2 rings (SSSR count). The Morgan fingerprint density at radius 1 is 1.22 bits per heavy atom. The van der Waals surface area contributed by atoms with E-state index in [2.05, 4.69) is 5.32 Å². The number of ether oxygens (including phenoxy) is 1. The Morgan fingerprint density at radius 3 is 2.72 bits per heavy atom. The fourth-order valence-corrected chi connectivity index (χ4v) is 1.95. The van der Waals surface area contributed by atoms with Gasteiger partial charge in [0.2, 0.25) is 0 Å². The van der Waals surface area contributed by atoms with Crippen molar-refractivity contribution in [1.29, 1.82) is 0 Å². The molecule has 0 aliphatic rings. The standard InChI is InChI=1S/C14H15ClN2O/c1-18-11-5-2-4-10(8-11)9-17-14-12(15)6-3-7-13(14)16/h2-8,17H,9,16H2,1H3. The molecule has 3 N–H and O–H groups in total. The van der Waals surface area contributed by atoms with E-state index in [0.29, 0.717) is 17.3 Å². The van der Waals surface area contributed by atoms with Gasteiger partial charge in [-0.3, -0.25) is 0 Å². The first-order chi connectivity index (χ1) is 8.70. The Morgan fingerprint density at radius 2 is 2.00 bits per heavy atom. The summed E-state index contributed by atoms with van der Waals surface area (Å²) in [5, 5.41) is 3.86. The summed E-state index contributed by atoms with van der Waals surface area (Å²) in [5.74, 6) is 0.835. The number of para-hydroxylation sites is 1. The van der Waals surface area contributed by atoms with Crippen LogP contribution in [0.4, 0.5) is 11.4 Å². The molecule has 0 amide bonds. The van der Waals surface area contributed by atoms with E-state index in [1.54, 1.807) is 7.11 Å². The van der Waals surface area contributed by atoms with Gasteiger partial charge in [0, 0.05) is 6.54 Å². The van der Waals surface area contributed by atoms with Crippen molar-refractivity contribution in [2.75, 3.05) is 18.2 Å². The van der Waals surface area contributed by atoms with Crippen molar-refractivity contribution in [3.8, 4) is 5.75 Å². The fraction of sp³-hybridized carbons (Fsp3) is 0.143. The lowest BCUT2D eigenvalue weighted by Crippen LogP contribution is -2.03. The first kappa shape index (κ1) is 12.6. The molecule has 18 heavy (non-hydrogen) atoms. The molecular weight excluding hydrogens is 248 g/mol. The van der Waals surface area contributed by atoms with E-state index in [4.69, 9.17) is 22.1 Å². The first-order valence-corrected chi connectivity index (χ1v) is 5.99. The molecule has 0 aliphatic heterocycles. The summed E-state index contributed by atoms with van der Waals surface area (Å²) in [6.45, 7) is 0.644. The Balaban J connectivity index is 2.11. The molecule has 0 fully saturated rings. The molecule has 3 nitrogen and oxygen atoms in total. The zero-order chi connectivity index (χ0) is 13.0. The van der Waals surface area contributed by atoms with Gasteiger partial charge < -0.3 is 15.8 Å². The number of hydrogen-bond acceptors (Lipinski definition) is 3. The van der Waals surface area contributed by atoms with Crippen molar-refractivity contribution in [2.45, 2.75) is 6.54 Å². The predicted molar refractivity (Wildman–Crippen MR) is 76.2 cm³/mol. The zero-order valence-corrected chi connectivity index (χ0v) is 10.9. The van der Waals surface area contributed by atoms with E-state index in [1.165, 1.54) is 0 Å². The SMILES string of the molecule is COc1cccc(CNc2c(N)cccc2Cl)c1. The number of rotatable bonds is 4. The predicted octanol–water partition coefficient (Wildman–Crippen LogP) is 3.54. The van der Waals surface area contributed by atoms with Gasteiger partial charge in [-0.15, -0.1) is 0 Å². The van der Waals surface area contributed by atoms with Gasteiger partial charge in [0.05, 0.1) is 23.5 Å². The molecule has 4 heteroatoms. The summed E-state index contributed by atoms with van der Waals surface area (Å²) in [7, 11) is 1.65. The summed E-state index contributed by atoms with van der Waals surface area (Å²) in [6, 6.07) is 13.3. The second kappa shape index (κ2) is 5.65. The van der Waals surface area contributed by atoms with E-state index >= 15 is 0 Å². The highest BCUT2D eigenvalue weighted by atomic mass is 35.5. The van der Waals surface area contributed by atoms with Crippen LogP contribution in [0.15, 0.2) is 42.5 Å². The monoisotopic (exact) mass is 262 g/mol. The highest BCUT2D eigenvalue weighted by molar-refractivity contribution is 6.33. The molecule has 0 aliphatic carbocycles. The summed E-state index contributed by atoms with van der Waals surface area (Å²) >= 11 is 6.09. The number of benzene rings is 2. The third-order valence-electron chi connectivity index (χ3n) is 2.65. The topological polar surface area (TPSA) is 47.3 Å². The third-order valence-corrected chi connectivity index (χ3v) is 2.96. The van der Waals surface area contributed by atoms with Crippen molar-refractivity contribution in [1.82, 2.24) is 0 Å². The van der Waals surface area contributed by atoms with Crippen LogP contribution in [0.5, 0.6) is 5.75 Å². The molecule has 0 saturated carbocycles. The van der Waals surface area contributed by atoms with Crippen LogP contribution in [0.25, 0.3) is 0 Å². The molecule has 0 heterocycles. The van der Waals surface area contributed by atoms with Crippen molar-refractivity contribution >= 4 is 23.0 Å². The number of methoxy groups -OCH3 is 1. The maximum Gasteiger partial charge on any atom is 0.119 e. The normalized spacial score (nSPS) is 10.1. The minimum Gasteiger partial charge on any atom is -0.497 e. The molecule has 0 radical (unpaired) electrons. The average Bonchev–Trinajstić information content (AvgIpc) is 2.38. The quantitative estimate of drug-likeness (QED) is 0.829. The van der Waals surface area contributed by atoms with Crippen LogP contribution in [0.1, 0.15) is 5.56 Å². The molecule has 0 atom stereocenters. The van der Waals surface area contributed by atoms with Gasteiger partial charge in [0.1, 0.15) is 5.75 Å². The summed E-state index contributed by atoms with van der Waals surface area (Å²) in [5.41, 5.74) is 8.38.